The Labute approximate surface area is 165 Å². The minimum Gasteiger partial charge on any atom is -0.349 e. The van der Waals surface area contributed by atoms with Gasteiger partial charge in [-0.15, -0.1) is 0 Å². The Hall–Kier alpha value is -2.63. The molecule has 1 aliphatic rings. The van der Waals surface area contributed by atoms with Crippen LogP contribution < -0.4 is 10.9 Å². The summed E-state index contributed by atoms with van der Waals surface area (Å²) in [5.74, 6) is 0.342. The summed E-state index contributed by atoms with van der Waals surface area (Å²) in [7, 11) is 1.68. The van der Waals surface area contributed by atoms with Crippen molar-refractivity contribution in [2.24, 2.45) is 13.0 Å². The molecule has 1 aromatic heterocycles. The topological polar surface area (TPSA) is 71.4 Å². The fraction of sp³-hybridized carbons (Fsp3) is 0.500. The highest BCUT2D eigenvalue weighted by Crippen LogP contribution is 2.16. The van der Waals surface area contributed by atoms with Crippen LogP contribution in [0.15, 0.2) is 35.1 Å². The van der Waals surface area contributed by atoms with E-state index in [-0.39, 0.29) is 29.0 Å². The van der Waals surface area contributed by atoms with E-state index in [0.29, 0.717) is 31.7 Å². The molecule has 3 rings (SSSR count). The van der Waals surface area contributed by atoms with Crippen LogP contribution in [0.5, 0.6) is 0 Å². The number of fused-ring (bicyclic) bond motifs is 1. The second kappa shape index (κ2) is 8.59. The molecule has 0 bridgehead atoms. The highest BCUT2D eigenvalue weighted by molar-refractivity contribution is 5.97. The fourth-order valence-corrected chi connectivity index (χ4v) is 3.68. The highest BCUT2D eigenvalue weighted by atomic mass is 16.2. The Balaban J connectivity index is 1.71. The maximum Gasteiger partial charge on any atom is 0.263 e. The third-order valence-corrected chi connectivity index (χ3v) is 5.50. The minimum atomic E-state index is -0.362. The van der Waals surface area contributed by atoms with Crippen molar-refractivity contribution in [3.05, 3.63) is 46.2 Å². The number of carbonyl (C=O) groups is 2. The Morgan fingerprint density at radius 3 is 2.71 bits per heavy atom. The quantitative estimate of drug-likeness (QED) is 0.863. The molecule has 1 atom stereocenters. The predicted molar refractivity (Wildman–Crippen MR) is 110 cm³/mol. The van der Waals surface area contributed by atoms with Gasteiger partial charge in [0.1, 0.15) is 5.56 Å². The lowest BCUT2D eigenvalue weighted by atomic mass is 10.1. The van der Waals surface area contributed by atoms with Gasteiger partial charge in [-0.3, -0.25) is 14.4 Å². The van der Waals surface area contributed by atoms with Gasteiger partial charge in [-0.1, -0.05) is 32.0 Å². The second-order valence-corrected chi connectivity index (χ2v) is 8.04. The maximum absolute atomic E-state index is 12.8. The molecule has 0 aliphatic carbocycles. The SMILES string of the molecule is CC(C)CCN1CCC(NC(=O)c2cc3ccccc3n(C)c2=O)CCC1=O. The van der Waals surface area contributed by atoms with Crippen molar-refractivity contribution in [1.82, 2.24) is 14.8 Å². The van der Waals surface area contributed by atoms with Gasteiger partial charge in [0.2, 0.25) is 5.91 Å². The summed E-state index contributed by atoms with van der Waals surface area (Å²) >= 11 is 0. The summed E-state index contributed by atoms with van der Waals surface area (Å²) in [6.07, 6.45) is 2.73. The molecule has 6 heteroatoms. The number of rotatable bonds is 5. The molecule has 0 radical (unpaired) electrons. The van der Waals surface area contributed by atoms with Crippen molar-refractivity contribution in [3.63, 3.8) is 0 Å². The number of pyridine rings is 1. The number of aryl methyl sites for hydroxylation is 1. The maximum atomic E-state index is 12.8. The number of hydrogen-bond donors (Lipinski definition) is 1. The third kappa shape index (κ3) is 4.43. The normalized spacial score (nSPS) is 17.8. The molecule has 6 nitrogen and oxygen atoms in total. The number of carbonyl (C=O) groups excluding carboxylic acids is 2. The molecule has 1 fully saturated rings. The van der Waals surface area contributed by atoms with E-state index < -0.39 is 0 Å². The van der Waals surface area contributed by atoms with Gasteiger partial charge >= 0.3 is 0 Å². The average molecular weight is 383 g/mol. The summed E-state index contributed by atoms with van der Waals surface area (Å²) in [6.45, 7) is 5.71. The van der Waals surface area contributed by atoms with E-state index in [1.165, 1.54) is 4.57 Å². The zero-order valence-electron chi connectivity index (χ0n) is 16.9. The minimum absolute atomic E-state index is 0.100. The van der Waals surface area contributed by atoms with Gasteiger partial charge < -0.3 is 14.8 Å². The molecule has 1 aromatic carbocycles. The highest BCUT2D eigenvalue weighted by Gasteiger charge is 2.24. The van der Waals surface area contributed by atoms with Gasteiger partial charge in [-0.2, -0.15) is 0 Å². The van der Waals surface area contributed by atoms with Gasteiger partial charge in [-0.25, -0.2) is 0 Å². The Morgan fingerprint density at radius 2 is 1.96 bits per heavy atom. The average Bonchev–Trinajstić information content (AvgIpc) is 2.84. The predicted octanol–water partition coefficient (Wildman–Crippen LogP) is 2.70. The Bertz CT molecular complexity index is 932. The number of benzene rings is 1. The first-order chi connectivity index (χ1) is 13.4. The van der Waals surface area contributed by atoms with Crippen LogP contribution in [0.4, 0.5) is 0 Å². The molecule has 0 spiro atoms. The molecule has 2 amide bonds. The largest absolute Gasteiger partial charge is 0.349 e. The van der Waals surface area contributed by atoms with Crippen LogP contribution in [-0.2, 0) is 11.8 Å². The van der Waals surface area contributed by atoms with E-state index in [0.717, 1.165) is 23.9 Å². The number of nitrogens with zero attached hydrogens (tertiary/aromatic N) is 2. The van der Waals surface area contributed by atoms with Gasteiger partial charge in [0.25, 0.3) is 11.5 Å². The molecule has 1 unspecified atom stereocenters. The second-order valence-electron chi connectivity index (χ2n) is 8.04. The number of hydrogen-bond acceptors (Lipinski definition) is 3. The van der Waals surface area contributed by atoms with E-state index in [1.54, 1.807) is 13.1 Å². The number of nitrogens with one attached hydrogen (secondary N) is 1. The lowest BCUT2D eigenvalue weighted by molar-refractivity contribution is -0.130. The van der Waals surface area contributed by atoms with Crippen molar-refractivity contribution in [1.29, 1.82) is 0 Å². The smallest absolute Gasteiger partial charge is 0.263 e. The number of likely N-dealkylation sites (tertiary alicyclic amines) is 1. The lowest BCUT2D eigenvalue weighted by Gasteiger charge is -2.22. The third-order valence-electron chi connectivity index (χ3n) is 5.50. The zero-order valence-corrected chi connectivity index (χ0v) is 16.9. The zero-order chi connectivity index (χ0) is 20.3. The summed E-state index contributed by atoms with van der Waals surface area (Å²) < 4.78 is 1.51. The van der Waals surface area contributed by atoms with Gasteiger partial charge in [0.05, 0.1) is 5.52 Å². The van der Waals surface area contributed by atoms with Crippen molar-refractivity contribution in [2.75, 3.05) is 13.1 Å². The molecule has 150 valence electrons. The van der Waals surface area contributed by atoms with Crippen molar-refractivity contribution in [3.8, 4) is 0 Å². The van der Waals surface area contributed by atoms with Crippen molar-refractivity contribution < 1.29 is 9.59 Å². The van der Waals surface area contributed by atoms with Crippen LogP contribution in [0.25, 0.3) is 10.9 Å². The number of para-hydroxylation sites is 1. The molecule has 0 saturated carbocycles. The monoisotopic (exact) mass is 383 g/mol. The van der Waals surface area contributed by atoms with Crippen LogP contribution >= 0.6 is 0 Å². The van der Waals surface area contributed by atoms with E-state index >= 15 is 0 Å². The molecular weight excluding hydrogens is 354 g/mol. The first-order valence-corrected chi connectivity index (χ1v) is 10.0. The van der Waals surface area contributed by atoms with Gasteiger partial charge in [-0.05, 0) is 42.7 Å². The van der Waals surface area contributed by atoms with E-state index in [4.69, 9.17) is 0 Å². The van der Waals surface area contributed by atoms with Crippen molar-refractivity contribution in [2.45, 2.75) is 45.6 Å². The Morgan fingerprint density at radius 1 is 1.21 bits per heavy atom. The lowest BCUT2D eigenvalue weighted by Crippen LogP contribution is -2.39. The van der Waals surface area contributed by atoms with E-state index in [2.05, 4.69) is 19.2 Å². The molecule has 2 aromatic rings. The molecule has 1 N–H and O–H groups in total. The van der Waals surface area contributed by atoms with Crippen molar-refractivity contribution >= 4 is 22.7 Å². The summed E-state index contributed by atoms with van der Waals surface area (Å²) in [6, 6.07) is 9.07. The molecule has 2 heterocycles. The summed E-state index contributed by atoms with van der Waals surface area (Å²) in [4.78, 5) is 39.7. The van der Waals surface area contributed by atoms with Gasteiger partial charge in [0.15, 0.2) is 0 Å². The summed E-state index contributed by atoms with van der Waals surface area (Å²) in [5.41, 5.74) is 0.637. The molecule has 28 heavy (non-hydrogen) atoms. The van der Waals surface area contributed by atoms with Crippen LogP contribution in [0, 0.1) is 5.92 Å². The Kier molecular flexibility index (Phi) is 6.17. The number of amides is 2. The van der Waals surface area contributed by atoms with Gasteiger partial charge in [0, 0.05) is 32.6 Å². The number of aromatic nitrogens is 1. The van der Waals surface area contributed by atoms with E-state index in [1.807, 2.05) is 29.2 Å². The van der Waals surface area contributed by atoms with Crippen LogP contribution in [0.3, 0.4) is 0 Å². The summed E-state index contributed by atoms with van der Waals surface area (Å²) in [5, 5.41) is 3.84. The first kappa shape index (κ1) is 20.1. The van der Waals surface area contributed by atoms with Crippen LogP contribution in [-0.4, -0.2) is 40.4 Å². The standard InChI is InChI=1S/C22H29N3O3/c1-15(2)10-12-25-13-11-17(8-9-20(25)26)23-21(27)18-14-16-6-4-5-7-19(16)24(3)22(18)28/h4-7,14-15,17H,8-13H2,1-3H3,(H,23,27). The first-order valence-electron chi connectivity index (χ1n) is 10.0. The van der Waals surface area contributed by atoms with Crippen LogP contribution in [0.2, 0.25) is 0 Å². The van der Waals surface area contributed by atoms with E-state index in [9.17, 15) is 14.4 Å². The fourth-order valence-electron chi connectivity index (χ4n) is 3.68. The molecule has 1 aliphatic heterocycles. The molecular formula is C22H29N3O3. The van der Waals surface area contributed by atoms with Crippen LogP contribution in [0.1, 0.15) is 49.9 Å². The molecule has 1 saturated heterocycles.